The van der Waals surface area contributed by atoms with Crippen LogP contribution in [0.2, 0.25) is 0 Å². The number of nitrogens with zero attached hydrogens (tertiary/aromatic N) is 1. The zero-order valence-corrected chi connectivity index (χ0v) is 14.0. The van der Waals surface area contributed by atoms with Crippen LogP contribution in [0.4, 0.5) is 4.39 Å². The summed E-state index contributed by atoms with van der Waals surface area (Å²) >= 11 is 0. The largest absolute Gasteiger partial charge is 0.460 e. The Morgan fingerprint density at radius 2 is 1.82 bits per heavy atom. The van der Waals surface area contributed by atoms with Gasteiger partial charge in [0.2, 0.25) is 0 Å². The van der Waals surface area contributed by atoms with Gasteiger partial charge < -0.3 is 14.6 Å². The smallest absolute Gasteiger partial charge is 0.137 e. The van der Waals surface area contributed by atoms with E-state index < -0.39 is 0 Å². The fourth-order valence-electron chi connectivity index (χ4n) is 2.27. The molecule has 0 amide bonds. The van der Waals surface area contributed by atoms with Gasteiger partial charge in [0.15, 0.2) is 0 Å². The Balaban J connectivity index is 0.00000242. The zero-order valence-electron chi connectivity index (χ0n) is 13.1. The highest BCUT2D eigenvalue weighted by Crippen LogP contribution is 2.24. The minimum atomic E-state index is -0.257. The molecule has 0 spiro atoms. The van der Waals surface area contributed by atoms with E-state index in [0.717, 1.165) is 31.9 Å². The second kappa shape index (κ2) is 9.62. The lowest BCUT2D eigenvalue weighted by atomic mass is 10.1. The third kappa shape index (κ3) is 5.13. The minimum absolute atomic E-state index is 0. The Hall–Kier alpha value is -1.36. The number of furan rings is 1. The third-order valence-corrected chi connectivity index (χ3v) is 3.60. The molecule has 0 saturated carbocycles. The summed E-state index contributed by atoms with van der Waals surface area (Å²) in [6.07, 6.45) is 0. The van der Waals surface area contributed by atoms with Crippen LogP contribution >= 0.6 is 12.4 Å². The van der Waals surface area contributed by atoms with Gasteiger partial charge in [-0.1, -0.05) is 26.0 Å². The number of likely N-dealkylation sites (N-methyl/N-ethyl adjacent to an activating group) is 1. The number of rotatable bonds is 8. The quantitative estimate of drug-likeness (QED) is 0.745. The van der Waals surface area contributed by atoms with Crippen molar-refractivity contribution in [1.82, 2.24) is 10.2 Å². The summed E-state index contributed by atoms with van der Waals surface area (Å²) in [6, 6.07) is 10.4. The highest BCUT2D eigenvalue weighted by Gasteiger charge is 2.08. The highest BCUT2D eigenvalue weighted by molar-refractivity contribution is 5.85. The number of halogens is 2. The average Bonchev–Trinajstić information content (AvgIpc) is 2.96. The maximum absolute atomic E-state index is 13.7. The van der Waals surface area contributed by atoms with E-state index in [4.69, 9.17) is 4.42 Å². The van der Waals surface area contributed by atoms with Gasteiger partial charge in [-0.05, 0) is 37.4 Å². The molecule has 0 saturated heterocycles. The fourth-order valence-corrected chi connectivity index (χ4v) is 2.27. The molecule has 0 unspecified atom stereocenters. The van der Waals surface area contributed by atoms with Crippen molar-refractivity contribution in [3.63, 3.8) is 0 Å². The molecule has 1 aromatic heterocycles. The number of benzene rings is 1. The Bertz CT molecular complexity index is 555. The van der Waals surface area contributed by atoms with Crippen molar-refractivity contribution >= 4 is 12.4 Å². The molecule has 0 aliphatic carbocycles. The van der Waals surface area contributed by atoms with Gasteiger partial charge in [0.05, 0.1) is 12.1 Å². The monoisotopic (exact) mass is 326 g/mol. The summed E-state index contributed by atoms with van der Waals surface area (Å²) in [7, 11) is 0. The molecular weight excluding hydrogens is 303 g/mol. The first kappa shape index (κ1) is 18.7. The lowest BCUT2D eigenvalue weighted by Crippen LogP contribution is -2.31. The standard InChI is InChI=1S/C17H23FN2O.ClH/c1-3-20(4-2)12-11-19-13-14-9-10-17(21-14)15-7-5-6-8-16(15)18;/h5-10,19H,3-4,11-13H2,1-2H3;1H. The molecule has 0 aliphatic rings. The van der Waals surface area contributed by atoms with Gasteiger partial charge in [0.1, 0.15) is 17.3 Å². The van der Waals surface area contributed by atoms with Gasteiger partial charge in [-0.25, -0.2) is 4.39 Å². The van der Waals surface area contributed by atoms with E-state index in [1.807, 2.05) is 18.2 Å². The second-order valence-electron chi connectivity index (χ2n) is 4.95. The van der Waals surface area contributed by atoms with E-state index in [1.54, 1.807) is 12.1 Å². The maximum Gasteiger partial charge on any atom is 0.137 e. The molecule has 1 heterocycles. The van der Waals surface area contributed by atoms with Crippen molar-refractivity contribution in [2.75, 3.05) is 26.2 Å². The Morgan fingerprint density at radius 3 is 2.50 bits per heavy atom. The van der Waals surface area contributed by atoms with Crippen molar-refractivity contribution in [3.8, 4) is 11.3 Å². The molecule has 1 aromatic carbocycles. The van der Waals surface area contributed by atoms with Crippen LogP contribution < -0.4 is 5.32 Å². The molecule has 0 aliphatic heterocycles. The number of hydrogen-bond donors (Lipinski definition) is 1. The molecule has 2 rings (SSSR count). The predicted molar refractivity (Wildman–Crippen MR) is 90.8 cm³/mol. The van der Waals surface area contributed by atoms with Crippen LogP contribution in [0.1, 0.15) is 19.6 Å². The van der Waals surface area contributed by atoms with Crippen LogP contribution in [0.15, 0.2) is 40.8 Å². The van der Waals surface area contributed by atoms with Gasteiger partial charge >= 0.3 is 0 Å². The van der Waals surface area contributed by atoms with E-state index in [-0.39, 0.29) is 18.2 Å². The van der Waals surface area contributed by atoms with E-state index in [2.05, 4.69) is 24.1 Å². The molecule has 0 fully saturated rings. The van der Waals surface area contributed by atoms with Crippen molar-refractivity contribution in [3.05, 3.63) is 48.0 Å². The zero-order chi connectivity index (χ0) is 15.1. The SMILES string of the molecule is CCN(CC)CCNCc1ccc(-c2ccccc2F)o1.Cl. The van der Waals surface area contributed by atoms with Gasteiger partial charge in [-0.3, -0.25) is 0 Å². The molecule has 2 aromatic rings. The van der Waals surface area contributed by atoms with Gasteiger partial charge in [0.25, 0.3) is 0 Å². The van der Waals surface area contributed by atoms with Crippen LogP contribution in [0.3, 0.4) is 0 Å². The molecule has 0 radical (unpaired) electrons. The Labute approximate surface area is 137 Å². The summed E-state index contributed by atoms with van der Waals surface area (Å²) in [6.45, 7) is 9.06. The molecule has 0 bridgehead atoms. The van der Waals surface area contributed by atoms with Gasteiger partial charge in [-0.2, -0.15) is 0 Å². The normalized spacial score (nSPS) is 10.7. The molecule has 122 valence electrons. The van der Waals surface area contributed by atoms with Crippen molar-refractivity contribution < 1.29 is 8.81 Å². The summed E-state index contributed by atoms with van der Waals surface area (Å²) < 4.78 is 19.4. The Morgan fingerprint density at radius 1 is 1.09 bits per heavy atom. The molecular formula is C17H24ClFN2O. The first-order valence-corrected chi connectivity index (χ1v) is 7.51. The minimum Gasteiger partial charge on any atom is -0.460 e. The molecule has 5 heteroatoms. The third-order valence-electron chi connectivity index (χ3n) is 3.60. The van der Waals surface area contributed by atoms with Gasteiger partial charge in [0, 0.05) is 13.1 Å². The molecule has 1 N–H and O–H groups in total. The number of nitrogens with one attached hydrogen (secondary N) is 1. The summed E-state index contributed by atoms with van der Waals surface area (Å²) in [5.41, 5.74) is 0.506. The topological polar surface area (TPSA) is 28.4 Å². The van der Waals surface area contributed by atoms with Crippen LogP contribution in [0.5, 0.6) is 0 Å². The Kier molecular flexibility index (Phi) is 8.17. The van der Waals surface area contributed by atoms with Crippen LogP contribution in [0, 0.1) is 5.82 Å². The number of hydrogen-bond acceptors (Lipinski definition) is 3. The van der Waals surface area contributed by atoms with Crippen molar-refractivity contribution in [1.29, 1.82) is 0 Å². The fraction of sp³-hybridized carbons (Fsp3) is 0.412. The van der Waals surface area contributed by atoms with Crippen LogP contribution in [0.25, 0.3) is 11.3 Å². The highest BCUT2D eigenvalue weighted by atomic mass is 35.5. The summed E-state index contributed by atoms with van der Waals surface area (Å²) in [4.78, 5) is 2.36. The second-order valence-corrected chi connectivity index (χ2v) is 4.95. The van der Waals surface area contributed by atoms with Gasteiger partial charge in [-0.15, -0.1) is 12.4 Å². The summed E-state index contributed by atoms with van der Waals surface area (Å²) in [5.74, 6) is 1.15. The molecule has 22 heavy (non-hydrogen) atoms. The van der Waals surface area contributed by atoms with E-state index in [0.29, 0.717) is 17.9 Å². The maximum atomic E-state index is 13.7. The van der Waals surface area contributed by atoms with Crippen molar-refractivity contribution in [2.45, 2.75) is 20.4 Å². The predicted octanol–water partition coefficient (Wildman–Crippen LogP) is 3.94. The van der Waals surface area contributed by atoms with Crippen LogP contribution in [-0.2, 0) is 6.54 Å². The van der Waals surface area contributed by atoms with Crippen molar-refractivity contribution in [2.24, 2.45) is 0 Å². The van der Waals surface area contributed by atoms with E-state index >= 15 is 0 Å². The summed E-state index contributed by atoms with van der Waals surface area (Å²) in [5, 5.41) is 3.35. The molecule has 0 atom stereocenters. The van der Waals surface area contributed by atoms with Crippen LogP contribution in [-0.4, -0.2) is 31.1 Å². The first-order chi connectivity index (χ1) is 10.2. The first-order valence-electron chi connectivity index (χ1n) is 7.51. The lowest BCUT2D eigenvalue weighted by molar-refractivity contribution is 0.300. The van der Waals surface area contributed by atoms with E-state index in [1.165, 1.54) is 6.07 Å². The average molecular weight is 327 g/mol. The van der Waals surface area contributed by atoms with E-state index in [9.17, 15) is 4.39 Å². The molecule has 3 nitrogen and oxygen atoms in total. The lowest BCUT2D eigenvalue weighted by Gasteiger charge is -2.17.